The lowest BCUT2D eigenvalue weighted by molar-refractivity contribution is -0.137. The molecule has 0 aliphatic carbocycles. The highest BCUT2D eigenvalue weighted by molar-refractivity contribution is 7.15. The molecule has 28 heavy (non-hydrogen) atoms. The number of carbonyl (C=O) groups is 1. The van der Waals surface area contributed by atoms with Gasteiger partial charge in [-0.25, -0.2) is 9.97 Å². The Balaban J connectivity index is 1.65. The van der Waals surface area contributed by atoms with Gasteiger partial charge in [0.25, 0.3) is 5.91 Å². The number of pyridine rings is 1. The smallest absolute Gasteiger partial charge is 0.363 e. The Hall–Kier alpha value is -2.94. The standard InChI is InChI=1S/C19H17F3N4OS/c1-26(2)16-10-13(7-8-23-16)17(27)25-18-24-11-15(28-18)9-12-3-5-14(6-4-12)19(20,21)22/h3-8,10-11H,9H2,1-2H3,(H,24,25,27). The first-order valence-corrected chi connectivity index (χ1v) is 9.09. The van der Waals surface area contributed by atoms with Crippen LogP contribution in [0.3, 0.4) is 0 Å². The molecule has 0 aliphatic rings. The molecule has 5 nitrogen and oxygen atoms in total. The van der Waals surface area contributed by atoms with Crippen LogP contribution in [-0.4, -0.2) is 30.0 Å². The Labute approximate surface area is 163 Å². The van der Waals surface area contributed by atoms with Gasteiger partial charge in [0.2, 0.25) is 0 Å². The average molecular weight is 406 g/mol. The normalized spacial score (nSPS) is 11.3. The molecule has 0 bridgehead atoms. The van der Waals surface area contributed by atoms with Gasteiger partial charge in [0, 0.05) is 43.4 Å². The molecular weight excluding hydrogens is 389 g/mol. The number of rotatable bonds is 5. The second-order valence-electron chi connectivity index (χ2n) is 6.25. The summed E-state index contributed by atoms with van der Waals surface area (Å²) < 4.78 is 37.9. The van der Waals surface area contributed by atoms with Crippen LogP contribution in [0.2, 0.25) is 0 Å². The van der Waals surface area contributed by atoms with Gasteiger partial charge in [-0.3, -0.25) is 10.1 Å². The topological polar surface area (TPSA) is 58.1 Å². The summed E-state index contributed by atoms with van der Waals surface area (Å²) in [7, 11) is 3.66. The van der Waals surface area contributed by atoms with Crippen LogP contribution in [-0.2, 0) is 12.6 Å². The molecule has 3 aromatic rings. The molecule has 0 atom stereocenters. The van der Waals surface area contributed by atoms with E-state index in [0.717, 1.165) is 22.6 Å². The maximum Gasteiger partial charge on any atom is 0.416 e. The van der Waals surface area contributed by atoms with E-state index in [-0.39, 0.29) is 5.91 Å². The van der Waals surface area contributed by atoms with Gasteiger partial charge in [-0.05, 0) is 29.8 Å². The predicted octanol–water partition coefficient (Wildman–Crippen LogP) is 4.47. The number of amides is 1. The van der Waals surface area contributed by atoms with Crippen LogP contribution in [0.5, 0.6) is 0 Å². The van der Waals surface area contributed by atoms with Gasteiger partial charge >= 0.3 is 6.18 Å². The molecule has 1 aromatic carbocycles. The van der Waals surface area contributed by atoms with Crippen LogP contribution < -0.4 is 10.2 Å². The molecule has 0 saturated heterocycles. The van der Waals surface area contributed by atoms with Crippen LogP contribution in [0.1, 0.15) is 26.4 Å². The van der Waals surface area contributed by atoms with Crippen molar-refractivity contribution in [1.82, 2.24) is 9.97 Å². The number of hydrogen-bond donors (Lipinski definition) is 1. The molecule has 0 radical (unpaired) electrons. The maximum absolute atomic E-state index is 12.6. The number of halogens is 3. The fourth-order valence-electron chi connectivity index (χ4n) is 2.43. The van der Waals surface area contributed by atoms with Crippen LogP contribution in [0.4, 0.5) is 24.1 Å². The molecule has 0 saturated carbocycles. The molecule has 9 heteroatoms. The summed E-state index contributed by atoms with van der Waals surface area (Å²) in [6.07, 6.45) is -0.747. The monoisotopic (exact) mass is 406 g/mol. The van der Waals surface area contributed by atoms with E-state index in [4.69, 9.17) is 0 Å². The van der Waals surface area contributed by atoms with E-state index < -0.39 is 11.7 Å². The number of alkyl halides is 3. The van der Waals surface area contributed by atoms with Crippen LogP contribution in [0.15, 0.2) is 48.8 Å². The predicted molar refractivity (Wildman–Crippen MR) is 103 cm³/mol. The Morgan fingerprint density at radius 2 is 1.86 bits per heavy atom. The van der Waals surface area contributed by atoms with Crippen molar-refractivity contribution in [2.24, 2.45) is 0 Å². The van der Waals surface area contributed by atoms with Crippen LogP contribution in [0, 0.1) is 0 Å². The van der Waals surface area contributed by atoms with E-state index >= 15 is 0 Å². The summed E-state index contributed by atoms with van der Waals surface area (Å²) >= 11 is 1.28. The first-order chi connectivity index (χ1) is 13.2. The Morgan fingerprint density at radius 1 is 1.14 bits per heavy atom. The highest BCUT2D eigenvalue weighted by Gasteiger charge is 2.29. The number of nitrogens with zero attached hydrogens (tertiary/aromatic N) is 3. The number of anilines is 2. The second-order valence-corrected chi connectivity index (χ2v) is 7.37. The van der Waals surface area contributed by atoms with Gasteiger partial charge in [0.15, 0.2) is 5.13 Å². The lowest BCUT2D eigenvalue weighted by atomic mass is 10.1. The molecule has 0 unspecified atom stereocenters. The first-order valence-electron chi connectivity index (χ1n) is 8.28. The SMILES string of the molecule is CN(C)c1cc(C(=O)Nc2ncc(Cc3ccc(C(F)(F)F)cc3)s2)ccn1. The summed E-state index contributed by atoms with van der Waals surface area (Å²) in [5.74, 6) is 0.357. The highest BCUT2D eigenvalue weighted by Crippen LogP contribution is 2.30. The lowest BCUT2D eigenvalue weighted by Crippen LogP contribution is -2.15. The minimum absolute atomic E-state index is 0.305. The Bertz CT molecular complexity index is 968. The number of aromatic nitrogens is 2. The van der Waals surface area contributed by atoms with Crippen molar-refractivity contribution < 1.29 is 18.0 Å². The van der Waals surface area contributed by atoms with E-state index in [1.54, 1.807) is 29.4 Å². The highest BCUT2D eigenvalue weighted by atomic mass is 32.1. The van der Waals surface area contributed by atoms with Crippen molar-refractivity contribution in [1.29, 1.82) is 0 Å². The lowest BCUT2D eigenvalue weighted by Gasteiger charge is -2.11. The second kappa shape index (κ2) is 7.97. The third-order valence-electron chi connectivity index (χ3n) is 3.90. The van der Waals surface area contributed by atoms with E-state index in [1.165, 1.54) is 23.5 Å². The van der Waals surface area contributed by atoms with Gasteiger partial charge < -0.3 is 4.90 Å². The largest absolute Gasteiger partial charge is 0.416 e. The minimum atomic E-state index is -4.35. The van der Waals surface area contributed by atoms with Crippen molar-refractivity contribution in [3.05, 3.63) is 70.4 Å². The van der Waals surface area contributed by atoms with Gasteiger partial charge in [0.05, 0.1) is 5.56 Å². The van der Waals surface area contributed by atoms with Crippen molar-refractivity contribution in [3.63, 3.8) is 0 Å². The quantitative estimate of drug-likeness (QED) is 0.679. The molecule has 0 fully saturated rings. The third-order valence-corrected chi connectivity index (χ3v) is 4.81. The van der Waals surface area contributed by atoms with Crippen LogP contribution >= 0.6 is 11.3 Å². The Kier molecular flexibility index (Phi) is 5.64. The van der Waals surface area contributed by atoms with Gasteiger partial charge in [0.1, 0.15) is 5.82 Å². The molecular formula is C19H17F3N4OS. The number of thiazole rings is 1. The summed E-state index contributed by atoms with van der Waals surface area (Å²) in [4.78, 5) is 23.4. The average Bonchev–Trinajstić information content (AvgIpc) is 3.08. The summed E-state index contributed by atoms with van der Waals surface area (Å²) in [6.45, 7) is 0. The molecule has 1 amide bonds. The first kappa shape index (κ1) is 19.8. The molecule has 2 aromatic heterocycles. The molecule has 0 aliphatic heterocycles. The maximum atomic E-state index is 12.6. The number of hydrogen-bond acceptors (Lipinski definition) is 5. The van der Waals surface area contributed by atoms with E-state index in [0.29, 0.717) is 22.9 Å². The number of carbonyl (C=O) groups excluding carboxylic acids is 1. The fraction of sp³-hybridized carbons (Fsp3) is 0.211. The molecule has 2 heterocycles. The van der Waals surface area contributed by atoms with Gasteiger partial charge in [-0.15, -0.1) is 11.3 Å². The van der Waals surface area contributed by atoms with Crippen molar-refractivity contribution in [3.8, 4) is 0 Å². The zero-order valence-corrected chi connectivity index (χ0v) is 15.9. The van der Waals surface area contributed by atoms with E-state index in [9.17, 15) is 18.0 Å². The molecule has 1 N–H and O–H groups in total. The molecule has 0 spiro atoms. The van der Waals surface area contributed by atoms with Gasteiger partial charge in [-0.2, -0.15) is 13.2 Å². The number of benzene rings is 1. The van der Waals surface area contributed by atoms with Crippen molar-refractivity contribution in [2.45, 2.75) is 12.6 Å². The van der Waals surface area contributed by atoms with Crippen LogP contribution in [0.25, 0.3) is 0 Å². The minimum Gasteiger partial charge on any atom is -0.363 e. The summed E-state index contributed by atoms with van der Waals surface area (Å²) in [5.41, 5.74) is 0.514. The summed E-state index contributed by atoms with van der Waals surface area (Å²) in [5, 5.41) is 3.16. The summed E-state index contributed by atoms with van der Waals surface area (Å²) in [6, 6.07) is 8.29. The zero-order chi connectivity index (χ0) is 20.3. The number of nitrogens with one attached hydrogen (secondary N) is 1. The Morgan fingerprint density at radius 3 is 2.50 bits per heavy atom. The van der Waals surface area contributed by atoms with Gasteiger partial charge in [-0.1, -0.05) is 12.1 Å². The third kappa shape index (κ3) is 4.86. The van der Waals surface area contributed by atoms with E-state index in [1.807, 2.05) is 14.1 Å². The fourth-order valence-corrected chi connectivity index (χ4v) is 3.28. The van der Waals surface area contributed by atoms with Crippen molar-refractivity contribution in [2.75, 3.05) is 24.3 Å². The zero-order valence-electron chi connectivity index (χ0n) is 15.1. The van der Waals surface area contributed by atoms with Crippen molar-refractivity contribution >= 4 is 28.2 Å². The van der Waals surface area contributed by atoms with E-state index in [2.05, 4.69) is 15.3 Å². The molecule has 3 rings (SSSR count). The molecule has 146 valence electrons.